The van der Waals surface area contributed by atoms with Gasteiger partial charge in [0.2, 0.25) is 0 Å². The lowest BCUT2D eigenvalue weighted by atomic mass is 9.96. The maximum Gasteiger partial charge on any atom is 0.338 e. The number of hydrogen-bond acceptors (Lipinski definition) is 7. The van der Waals surface area contributed by atoms with Gasteiger partial charge in [-0.05, 0) is 55.0 Å². The Kier molecular flexibility index (Phi) is 6.81. The molecule has 0 aliphatic carbocycles. The summed E-state index contributed by atoms with van der Waals surface area (Å²) in [5.41, 5.74) is 1.97. The molecule has 10 heteroatoms. The van der Waals surface area contributed by atoms with E-state index in [2.05, 4.69) is 4.99 Å². The van der Waals surface area contributed by atoms with Gasteiger partial charge in [0.1, 0.15) is 17.3 Å². The van der Waals surface area contributed by atoms with Crippen molar-refractivity contribution in [2.45, 2.75) is 13.0 Å². The third-order valence-electron chi connectivity index (χ3n) is 5.96. The van der Waals surface area contributed by atoms with Crippen molar-refractivity contribution in [3.8, 4) is 17.1 Å². The third kappa shape index (κ3) is 4.64. The monoisotopic (exact) mass is 554 g/mol. The van der Waals surface area contributed by atoms with E-state index in [1.807, 2.05) is 12.1 Å². The van der Waals surface area contributed by atoms with Crippen molar-refractivity contribution in [1.82, 2.24) is 4.57 Å². The molecule has 2 aromatic carbocycles. The van der Waals surface area contributed by atoms with Crippen LogP contribution in [0.25, 0.3) is 17.4 Å². The summed E-state index contributed by atoms with van der Waals surface area (Å²) in [7, 11) is 2.88. The van der Waals surface area contributed by atoms with Gasteiger partial charge in [0, 0.05) is 11.6 Å². The highest BCUT2D eigenvalue weighted by molar-refractivity contribution is 7.07. The zero-order valence-electron chi connectivity index (χ0n) is 20.0. The van der Waals surface area contributed by atoms with E-state index in [4.69, 9.17) is 37.1 Å². The minimum absolute atomic E-state index is 0.298. The summed E-state index contributed by atoms with van der Waals surface area (Å²) in [6.45, 7) is 1.73. The summed E-state index contributed by atoms with van der Waals surface area (Å²) in [5.74, 6) is 1.18. The van der Waals surface area contributed by atoms with E-state index in [-0.39, 0.29) is 5.56 Å². The summed E-state index contributed by atoms with van der Waals surface area (Å²) in [6.07, 6.45) is 1.66. The van der Waals surface area contributed by atoms with Crippen molar-refractivity contribution >= 4 is 46.6 Å². The molecular weight excluding hydrogens is 535 g/mol. The fourth-order valence-corrected chi connectivity index (χ4v) is 5.48. The summed E-state index contributed by atoms with van der Waals surface area (Å²) >= 11 is 13.4. The van der Waals surface area contributed by atoms with Crippen LogP contribution in [-0.2, 0) is 9.53 Å². The average Bonchev–Trinajstić information content (AvgIpc) is 3.49. The molecule has 0 bridgehead atoms. The molecule has 0 saturated heterocycles. The molecule has 1 aliphatic heterocycles. The first kappa shape index (κ1) is 25.1. The van der Waals surface area contributed by atoms with Gasteiger partial charge in [-0.25, -0.2) is 9.79 Å². The van der Waals surface area contributed by atoms with Crippen LogP contribution in [0.15, 0.2) is 80.1 Å². The van der Waals surface area contributed by atoms with Gasteiger partial charge >= 0.3 is 5.97 Å². The van der Waals surface area contributed by atoms with Crippen LogP contribution in [0.5, 0.6) is 5.75 Å². The van der Waals surface area contributed by atoms with E-state index < -0.39 is 12.0 Å². The topological polar surface area (TPSA) is 83.0 Å². The van der Waals surface area contributed by atoms with Crippen molar-refractivity contribution in [2.75, 3.05) is 14.2 Å². The summed E-state index contributed by atoms with van der Waals surface area (Å²) in [4.78, 5) is 31.5. The molecule has 4 aromatic rings. The number of halogens is 2. The Balaban J connectivity index is 1.62. The largest absolute Gasteiger partial charge is 0.497 e. The number of benzene rings is 2. The lowest BCUT2D eigenvalue weighted by Crippen LogP contribution is -2.39. The quantitative estimate of drug-likeness (QED) is 0.325. The fraction of sp³-hybridized carbons (Fsp3) is 0.148. The Labute approximate surface area is 225 Å². The molecule has 0 fully saturated rings. The van der Waals surface area contributed by atoms with Gasteiger partial charge in [0.25, 0.3) is 5.56 Å². The van der Waals surface area contributed by atoms with E-state index in [1.54, 1.807) is 62.6 Å². The number of ether oxygens (including phenoxy) is 2. The second kappa shape index (κ2) is 10.0. The highest BCUT2D eigenvalue weighted by Gasteiger charge is 2.33. The molecule has 0 saturated carbocycles. The number of allylic oxidation sites excluding steroid dienone is 1. The smallest absolute Gasteiger partial charge is 0.338 e. The Bertz CT molecular complexity index is 1730. The first-order valence-electron chi connectivity index (χ1n) is 11.1. The van der Waals surface area contributed by atoms with E-state index in [1.165, 1.54) is 23.0 Å². The Morgan fingerprint density at radius 1 is 1.08 bits per heavy atom. The first-order chi connectivity index (χ1) is 17.8. The van der Waals surface area contributed by atoms with Crippen molar-refractivity contribution < 1.29 is 18.7 Å². The summed E-state index contributed by atoms with van der Waals surface area (Å²) < 4.78 is 18.2. The fourth-order valence-electron chi connectivity index (χ4n) is 4.16. The number of carbonyl (C=O) groups is 1. The third-order valence-corrected chi connectivity index (χ3v) is 7.68. The van der Waals surface area contributed by atoms with E-state index in [0.717, 1.165) is 11.1 Å². The average molecular weight is 555 g/mol. The van der Waals surface area contributed by atoms with Gasteiger partial charge in [-0.15, -0.1) is 0 Å². The van der Waals surface area contributed by atoms with Gasteiger partial charge in [-0.3, -0.25) is 9.36 Å². The lowest BCUT2D eigenvalue weighted by molar-refractivity contribution is -0.136. The number of rotatable bonds is 5. The van der Waals surface area contributed by atoms with Crippen molar-refractivity contribution in [3.05, 3.63) is 107 Å². The van der Waals surface area contributed by atoms with Gasteiger partial charge in [0.05, 0.1) is 46.1 Å². The maximum atomic E-state index is 13.7. The molecule has 1 aliphatic rings. The molecule has 0 N–H and O–H groups in total. The zero-order chi connectivity index (χ0) is 26.3. The number of thiazole rings is 1. The molecule has 0 radical (unpaired) electrons. The van der Waals surface area contributed by atoms with Gasteiger partial charge in [-0.1, -0.05) is 46.7 Å². The van der Waals surface area contributed by atoms with Crippen molar-refractivity contribution in [3.63, 3.8) is 0 Å². The number of carbonyl (C=O) groups excluding carboxylic acids is 1. The predicted octanol–water partition coefficient (Wildman–Crippen LogP) is 4.98. The number of furan rings is 1. The van der Waals surface area contributed by atoms with Crippen LogP contribution in [0.1, 0.15) is 24.3 Å². The number of aromatic nitrogens is 1. The van der Waals surface area contributed by atoms with E-state index in [9.17, 15) is 9.59 Å². The van der Waals surface area contributed by atoms with Crippen LogP contribution in [0, 0.1) is 0 Å². The summed E-state index contributed by atoms with van der Waals surface area (Å²) in [5, 5.41) is 0.868. The molecule has 188 valence electrons. The minimum Gasteiger partial charge on any atom is -0.497 e. The van der Waals surface area contributed by atoms with Crippen LogP contribution >= 0.6 is 34.5 Å². The Morgan fingerprint density at radius 2 is 1.84 bits per heavy atom. The first-order valence-corrected chi connectivity index (χ1v) is 12.7. The number of fused-ring (bicyclic) bond motifs is 1. The zero-order valence-corrected chi connectivity index (χ0v) is 22.3. The van der Waals surface area contributed by atoms with Crippen LogP contribution in [0.4, 0.5) is 0 Å². The van der Waals surface area contributed by atoms with E-state index >= 15 is 0 Å². The molecule has 0 spiro atoms. The molecule has 7 nitrogen and oxygen atoms in total. The minimum atomic E-state index is -0.708. The highest BCUT2D eigenvalue weighted by Crippen LogP contribution is 2.32. The highest BCUT2D eigenvalue weighted by atomic mass is 35.5. The molecule has 0 amide bonds. The number of nitrogens with zero attached hydrogens (tertiary/aromatic N) is 2. The maximum absolute atomic E-state index is 13.7. The molecule has 0 unspecified atom stereocenters. The standard InChI is InChI=1S/C27H20Cl2N2O5S/c1-14-23(26(33)35-3)24(15-4-7-17(34-2)8-5-15)31-25(32)22(37-27(31)30-14)13-18-9-11-21(36-18)16-6-10-19(28)20(29)12-16/h4-13,24H,1-3H3/b22-13+/t24-/m0/s1. The molecule has 3 heterocycles. The summed E-state index contributed by atoms with van der Waals surface area (Å²) in [6, 6.07) is 15.3. The molecule has 5 rings (SSSR count). The van der Waals surface area contributed by atoms with Crippen LogP contribution in [-0.4, -0.2) is 24.8 Å². The van der Waals surface area contributed by atoms with E-state index in [0.29, 0.717) is 47.9 Å². The molecule has 1 atom stereocenters. The molecular formula is C27H20Cl2N2O5S. The van der Waals surface area contributed by atoms with Crippen molar-refractivity contribution in [1.29, 1.82) is 0 Å². The number of methoxy groups -OCH3 is 2. The lowest BCUT2D eigenvalue weighted by Gasteiger charge is -2.24. The van der Waals surface area contributed by atoms with Crippen LogP contribution in [0.3, 0.4) is 0 Å². The van der Waals surface area contributed by atoms with Gasteiger partial charge in [0.15, 0.2) is 4.80 Å². The Hall–Kier alpha value is -3.59. The Morgan fingerprint density at radius 3 is 2.51 bits per heavy atom. The number of esters is 1. The van der Waals surface area contributed by atoms with Crippen LogP contribution < -0.4 is 19.6 Å². The second-order valence-electron chi connectivity index (χ2n) is 8.18. The normalized spacial score (nSPS) is 15.4. The predicted molar refractivity (Wildman–Crippen MR) is 143 cm³/mol. The SMILES string of the molecule is COC(=O)C1=C(C)N=c2s/c(=C/c3ccc(-c4ccc(Cl)c(Cl)c4)o3)c(=O)n2[C@H]1c1ccc(OC)cc1. The van der Waals surface area contributed by atoms with Gasteiger partial charge in [-0.2, -0.15) is 0 Å². The second-order valence-corrected chi connectivity index (χ2v) is 10.0. The van der Waals surface area contributed by atoms with Crippen LogP contribution in [0.2, 0.25) is 10.0 Å². The van der Waals surface area contributed by atoms with Gasteiger partial charge < -0.3 is 13.9 Å². The van der Waals surface area contributed by atoms with Crippen molar-refractivity contribution in [2.24, 2.45) is 4.99 Å². The number of hydrogen-bond donors (Lipinski definition) is 0. The molecule has 2 aromatic heterocycles. The molecule has 37 heavy (non-hydrogen) atoms.